The van der Waals surface area contributed by atoms with Gasteiger partial charge in [-0.2, -0.15) is 13.2 Å². The van der Waals surface area contributed by atoms with Gasteiger partial charge in [0.1, 0.15) is 11.9 Å². The Balaban J connectivity index is 0.000000806. The molecule has 2 heterocycles. The van der Waals surface area contributed by atoms with E-state index in [1.165, 1.54) is 12.1 Å². The lowest BCUT2D eigenvalue weighted by Gasteiger charge is -2.17. The molecule has 0 saturated carbocycles. The number of benzene rings is 2. The second kappa shape index (κ2) is 9.04. The molecule has 3 N–H and O–H groups in total. The number of anilines is 1. The molecule has 1 aliphatic heterocycles. The Morgan fingerprint density at radius 3 is 2.23 bits per heavy atom. The van der Waals surface area contributed by atoms with Crippen LogP contribution in [0.2, 0.25) is 0 Å². The third kappa shape index (κ3) is 4.65. The van der Waals surface area contributed by atoms with Crippen LogP contribution in [0.1, 0.15) is 5.56 Å². The summed E-state index contributed by atoms with van der Waals surface area (Å²) in [4.78, 5) is 8.36. The fourth-order valence-electron chi connectivity index (χ4n) is 3.20. The van der Waals surface area contributed by atoms with E-state index in [9.17, 15) is 17.6 Å². The van der Waals surface area contributed by atoms with Gasteiger partial charge in [0.2, 0.25) is 0 Å². The minimum atomic E-state index is -4.39. The molecule has 1 saturated heterocycles. The van der Waals surface area contributed by atoms with Crippen LogP contribution in [-0.2, 0) is 11.0 Å². The van der Waals surface area contributed by atoms with E-state index in [0.29, 0.717) is 23.6 Å². The Hall–Kier alpha value is -3.27. The van der Waals surface area contributed by atoms with Crippen LogP contribution in [0.4, 0.5) is 23.4 Å². The maximum atomic E-state index is 13.9. The standard InChI is InChI=1S/C19H16F4N4.CH2O2/c20-15-9-24-10-16(15)25-18-14-4-2-1-3-13(14)17(26-27-18)11-5-7-12(8-6-11)19(21,22)23;2-1-3/h1-8,15-16,24H,9-10H2,(H,25,27);1H,(H,2,3)/t15-,16+;/m0./s1. The van der Waals surface area contributed by atoms with Gasteiger partial charge in [0.15, 0.2) is 5.82 Å². The van der Waals surface area contributed by atoms with Crippen LogP contribution in [0.5, 0.6) is 0 Å². The fraction of sp³-hybridized carbons (Fsp3) is 0.250. The van der Waals surface area contributed by atoms with Gasteiger partial charge in [0.25, 0.3) is 6.47 Å². The number of nitrogens with zero attached hydrogens (tertiary/aromatic N) is 2. The van der Waals surface area contributed by atoms with Crippen molar-refractivity contribution in [1.29, 1.82) is 0 Å². The molecule has 30 heavy (non-hydrogen) atoms. The highest BCUT2D eigenvalue weighted by atomic mass is 19.4. The van der Waals surface area contributed by atoms with E-state index in [1.54, 1.807) is 0 Å². The third-order valence-corrected chi connectivity index (χ3v) is 4.64. The van der Waals surface area contributed by atoms with Crippen LogP contribution < -0.4 is 10.6 Å². The van der Waals surface area contributed by atoms with Gasteiger partial charge in [-0.15, -0.1) is 10.2 Å². The lowest BCUT2D eigenvalue weighted by atomic mass is 10.0. The quantitative estimate of drug-likeness (QED) is 0.440. The molecule has 158 valence electrons. The smallest absolute Gasteiger partial charge is 0.416 e. The number of carboxylic acid groups (broad SMARTS) is 1. The predicted molar refractivity (Wildman–Crippen MR) is 104 cm³/mol. The molecule has 0 unspecified atom stereocenters. The minimum absolute atomic E-state index is 0.250. The van der Waals surface area contributed by atoms with Crippen molar-refractivity contribution in [3.8, 4) is 11.3 Å². The van der Waals surface area contributed by atoms with Crippen molar-refractivity contribution in [2.75, 3.05) is 18.4 Å². The monoisotopic (exact) mass is 422 g/mol. The molecular weight excluding hydrogens is 404 g/mol. The first kappa shape index (κ1) is 21.4. The molecule has 0 radical (unpaired) electrons. The number of hydrogen-bond donors (Lipinski definition) is 3. The SMILES string of the molecule is F[C@H]1CNC[C@H]1Nc1nnc(-c2ccc(C(F)(F)F)cc2)c2ccccc12.O=CO. The van der Waals surface area contributed by atoms with Crippen LogP contribution in [-0.4, -0.2) is 47.1 Å². The normalized spacial score (nSPS) is 18.5. The summed E-state index contributed by atoms with van der Waals surface area (Å²) in [7, 11) is 0. The Morgan fingerprint density at radius 1 is 1.03 bits per heavy atom. The molecule has 0 spiro atoms. The first-order valence-electron chi connectivity index (χ1n) is 8.97. The van der Waals surface area contributed by atoms with Gasteiger partial charge >= 0.3 is 6.18 Å². The van der Waals surface area contributed by atoms with Crippen LogP contribution in [0.3, 0.4) is 0 Å². The predicted octanol–water partition coefficient (Wildman–Crippen LogP) is 3.74. The molecule has 10 heteroatoms. The van der Waals surface area contributed by atoms with Crippen molar-refractivity contribution < 1.29 is 27.5 Å². The second-order valence-electron chi connectivity index (χ2n) is 6.55. The molecule has 1 aromatic heterocycles. The summed E-state index contributed by atoms with van der Waals surface area (Å²) in [5.74, 6) is 0.456. The molecule has 0 bridgehead atoms. The number of nitrogens with one attached hydrogen (secondary N) is 2. The number of fused-ring (bicyclic) bond motifs is 1. The summed E-state index contributed by atoms with van der Waals surface area (Å²) in [5, 5.41) is 22.8. The Bertz CT molecular complexity index is 1010. The largest absolute Gasteiger partial charge is 0.483 e. The number of aromatic nitrogens is 2. The molecule has 3 aromatic rings. The van der Waals surface area contributed by atoms with E-state index in [1.807, 2.05) is 24.3 Å². The van der Waals surface area contributed by atoms with Gasteiger partial charge in [-0.3, -0.25) is 4.79 Å². The molecule has 1 aliphatic rings. The first-order valence-corrected chi connectivity index (χ1v) is 8.97. The molecule has 0 aliphatic carbocycles. The maximum absolute atomic E-state index is 13.9. The van der Waals surface area contributed by atoms with Gasteiger partial charge in [0, 0.05) is 29.4 Å². The Labute approximate surface area is 168 Å². The highest BCUT2D eigenvalue weighted by Gasteiger charge is 2.30. The molecule has 4 rings (SSSR count). The number of hydrogen-bond acceptors (Lipinski definition) is 5. The molecule has 6 nitrogen and oxygen atoms in total. The third-order valence-electron chi connectivity index (χ3n) is 4.64. The van der Waals surface area contributed by atoms with Gasteiger partial charge in [-0.1, -0.05) is 36.4 Å². The minimum Gasteiger partial charge on any atom is -0.483 e. The summed E-state index contributed by atoms with van der Waals surface area (Å²) >= 11 is 0. The average molecular weight is 422 g/mol. The molecular formula is C20H18F4N4O2. The molecule has 0 amide bonds. The molecule has 2 aromatic carbocycles. The Kier molecular flexibility index (Phi) is 6.46. The zero-order chi connectivity index (χ0) is 21.7. The highest BCUT2D eigenvalue weighted by Crippen LogP contribution is 2.33. The van der Waals surface area contributed by atoms with Crippen molar-refractivity contribution >= 4 is 23.1 Å². The number of halogens is 4. The summed E-state index contributed by atoms with van der Waals surface area (Å²) in [6, 6.07) is 11.7. The lowest BCUT2D eigenvalue weighted by Crippen LogP contribution is -2.30. The number of alkyl halides is 4. The van der Waals surface area contributed by atoms with Crippen molar-refractivity contribution in [2.24, 2.45) is 0 Å². The van der Waals surface area contributed by atoms with E-state index >= 15 is 0 Å². The van der Waals surface area contributed by atoms with Crippen molar-refractivity contribution in [3.63, 3.8) is 0 Å². The summed E-state index contributed by atoms with van der Waals surface area (Å²) in [6.45, 7) is 0.518. The van der Waals surface area contributed by atoms with Gasteiger partial charge < -0.3 is 15.7 Å². The van der Waals surface area contributed by atoms with Gasteiger partial charge in [-0.05, 0) is 12.1 Å². The second-order valence-corrected chi connectivity index (χ2v) is 6.55. The topological polar surface area (TPSA) is 87.1 Å². The van der Waals surface area contributed by atoms with Crippen LogP contribution in [0.25, 0.3) is 22.0 Å². The van der Waals surface area contributed by atoms with Crippen LogP contribution >= 0.6 is 0 Å². The molecule has 1 fully saturated rings. The van der Waals surface area contributed by atoms with Crippen molar-refractivity contribution in [1.82, 2.24) is 15.5 Å². The number of rotatable bonds is 3. The lowest BCUT2D eigenvalue weighted by molar-refractivity contribution is -0.137. The Morgan fingerprint density at radius 2 is 1.67 bits per heavy atom. The average Bonchev–Trinajstić information content (AvgIpc) is 3.13. The first-order chi connectivity index (χ1) is 14.3. The van der Waals surface area contributed by atoms with E-state index in [4.69, 9.17) is 9.90 Å². The van der Waals surface area contributed by atoms with Crippen molar-refractivity contribution in [2.45, 2.75) is 18.4 Å². The zero-order valence-corrected chi connectivity index (χ0v) is 15.5. The fourth-order valence-corrected chi connectivity index (χ4v) is 3.20. The van der Waals surface area contributed by atoms with Crippen LogP contribution in [0.15, 0.2) is 48.5 Å². The highest BCUT2D eigenvalue weighted by molar-refractivity contribution is 6.00. The summed E-state index contributed by atoms with van der Waals surface area (Å²) in [6.07, 6.45) is -5.42. The van der Waals surface area contributed by atoms with E-state index < -0.39 is 24.0 Å². The van der Waals surface area contributed by atoms with E-state index in [2.05, 4.69) is 20.8 Å². The van der Waals surface area contributed by atoms with Gasteiger partial charge in [0.05, 0.1) is 11.6 Å². The summed E-state index contributed by atoms with van der Waals surface area (Å²) in [5.41, 5.74) is 0.292. The van der Waals surface area contributed by atoms with E-state index in [0.717, 1.165) is 22.9 Å². The van der Waals surface area contributed by atoms with E-state index in [-0.39, 0.29) is 13.0 Å². The molecule has 2 atom stereocenters. The zero-order valence-electron chi connectivity index (χ0n) is 15.5. The summed E-state index contributed by atoms with van der Waals surface area (Å²) < 4.78 is 52.2. The van der Waals surface area contributed by atoms with Crippen LogP contribution in [0, 0.1) is 0 Å². The van der Waals surface area contributed by atoms with Crippen molar-refractivity contribution in [3.05, 3.63) is 54.1 Å². The maximum Gasteiger partial charge on any atom is 0.416 e. The number of carbonyl (C=O) groups is 1. The van der Waals surface area contributed by atoms with Gasteiger partial charge in [-0.25, -0.2) is 4.39 Å².